The second kappa shape index (κ2) is 13.7. The summed E-state index contributed by atoms with van der Waals surface area (Å²) in [6, 6.07) is 78.1. The lowest BCUT2D eigenvalue weighted by Crippen LogP contribution is -2.28. The number of rotatable bonds is 7. The average Bonchev–Trinajstić information content (AvgIpc) is 3.59. The van der Waals surface area contributed by atoms with Gasteiger partial charge in [0.2, 0.25) is 0 Å². The Bertz CT molecular complexity index is 2650. The SMILES string of the molecule is c1ccc(-c2cccc(-c3cc(-c4cccc5c4-c4ccccc4C5(c4ccccc4)c4ccccc4)nc(-c4cccc(-c5ccccc5)c4)n3)c2)cc1. The van der Waals surface area contributed by atoms with E-state index in [1.54, 1.807) is 0 Å². The van der Waals surface area contributed by atoms with E-state index < -0.39 is 5.41 Å². The van der Waals surface area contributed by atoms with Crippen LogP contribution in [0.1, 0.15) is 22.3 Å². The van der Waals surface area contributed by atoms with E-state index >= 15 is 0 Å². The normalized spacial score (nSPS) is 12.5. The van der Waals surface area contributed by atoms with Crippen molar-refractivity contribution in [3.05, 3.63) is 241 Å². The summed E-state index contributed by atoms with van der Waals surface area (Å²) in [5, 5.41) is 0. The third-order valence-electron chi connectivity index (χ3n) is 11.0. The Morgan fingerprint density at radius 2 is 0.727 bits per heavy atom. The van der Waals surface area contributed by atoms with Crippen molar-refractivity contribution in [2.45, 2.75) is 5.41 Å². The molecule has 9 aromatic rings. The van der Waals surface area contributed by atoms with Crippen LogP contribution in [0.2, 0.25) is 0 Å². The van der Waals surface area contributed by atoms with Crippen LogP contribution in [-0.2, 0) is 5.41 Å². The highest BCUT2D eigenvalue weighted by atomic mass is 14.9. The Labute approximate surface area is 322 Å². The van der Waals surface area contributed by atoms with Crippen LogP contribution in [0.15, 0.2) is 218 Å². The lowest BCUT2D eigenvalue weighted by atomic mass is 9.67. The van der Waals surface area contributed by atoms with Gasteiger partial charge in [-0.3, -0.25) is 0 Å². The Kier molecular flexibility index (Phi) is 8.08. The summed E-state index contributed by atoms with van der Waals surface area (Å²) in [6.07, 6.45) is 0. The number of hydrogen-bond donors (Lipinski definition) is 0. The topological polar surface area (TPSA) is 25.8 Å². The highest BCUT2D eigenvalue weighted by Crippen LogP contribution is 2.58. The first-order valence-electron chi connectivity index (χ1n) is 18.8. The maximum absolute atomic E-state index is 5.45. The zero-order chi connectivity index (χ0) is 36.6. The molecule has 1 aliphatic rings. The van der Waals surface area contributed by atoms with Gasteiger partial charge < -0.3 is 0 Å². The quantitative estimate of drug-likeness (QED) is 0.165. The number of fused-ring (bicyclic) bond motifs is 3. The molecule has 0 N–H and O–H groups in total. The fourth-order valence-corrected chi connectivity index (χ4v) is 8.53. The Hall–Kier alpha value is -7.16. The molecular formula is C53H36N2. The molecule has 258 valence electrons. The van der Waals surface area contributed by atoms with Crippen LogP contribution in [0.4, 0.5) is 0 Å². The Balaban J connectivity index is 1.23. The molecule has 0 aliphatic heterocycles. The van der Waals surface area contributed by atoms with Crippen molar-refractivity contribution in [1.29, 1.82) is 0 Å². The summed E-state index contributed by atoms with van der Waals surface area (Å²) in [4.78, 5) is 10.8. The second-order valence-electron chi connectivity index (χ2n) is 14.1. The molecule has 0 amide bonds. The summed E-state index contributed by atoms with van der Waals surface area (Å²) in [6.45, 7) is 0. The minimum absolute atomic E-state index is 0.503. The largest absolute Gasteiger partial charge is 0.228 e. The molecule has 0 atom stereocenters. The van der Waals surface area contributed by atoms with E-state index in [4.69, 9.17) is 9.97 Å². The van der Waals surface area contributed by atoms with Crippen LogP contribution in [0, 0.1) is 0 Å². The average molecular weight is 701 g/mol. The van der Waals surface area contributed by atoms with Crippen LogP contribution >= 0.6 is 0 Å². The predicted octanol–water partition coefficient (Wildman–Crippen LogP) is 13.2. The van der Waals surface area contributed by atoms with Gasteiger partial charge in [0.15, 0.2) is 5.82 Å². The summed E-state index contributed by atoms with van der Waals surface area (Å²) in [5.74, 6) is 0.691. The van der Waals surface area contributed by atoms with Gasteiger partial charge in [-0.15, -0.1) is 0 Å². The molecule has 0 spiro atoms. The van der Waals surface area contributed by atoms with Crippen molar-refractivity contribution in [3.63, 3.8) is 0 Å². The molecule has 1 heterocycles. The van der Waals surface area contributed by atoms with Crippen molar-refractivity contribution >= 4 is 0 Å². The van der Waals surface area contributed by atoms with Crippen LogP contribution in [-0.4, -0.2) is 9.97 Å². The standard InChI is InChI=1S/C53H36N2/c1-5-18-37(19-6-1)39-22-15-24-41(34-39)49-36-50(55-52(54-49)42-25-16-23-40(35-42)38-20-7-2-8-21-38)46-31-17-33-48-51(46)45-30-13-14-32-47(45)53(48,43-26-9-3-10-27-43)44-28-11-4-12-29-44/h1-36H. The summed E-state index contributed by atoms with van der Waals surface area (Å²) >= 11 is 0. The van der Waals surface area contributed by atoms with Gasteiger partial charge >= 0.3 is 0 Å². The summed E-state index contributed by atoms with van der Waals surface area (Å²) in [5.41, 5.74) is 16.4. The van der Waals surface area contributed by atoms with Gasteiger partial charge in [0.25, 0.3) is 0 Å². The molecule has 10 rings (SSSR count). The fraction of sp³-hybridized carbons (Fsp3) is 0.0189. The van der Waals surface area contributed by atoms with Crippen molar-refractivity contribution in [2.24, 2.45) is 0 Å². The lowest BCUT2D eigenvalue weighted by Gasteiger charge is -2.33. The number of nitrogens with zero attached hydrogens (tertiary/aromatic N) is 2. The number of benzene rings is 8. The van der Waals surface area contributed by atoms with Gasteiger partial charge in [-0.05, 0) is 73.8 Å². The highest BCUT2D eigenvalue weighted by molar-refractivity contribution is 5.95. The third-order valence-corrected chi connectivity index (χ3v) is 11.0. The molecule has 0 radical (unpaired) electrons. The van der Waals surface area contributed by atoms with E-state index in [9.17, 15) is 0 Å². The molecule has 0 saturated carbocycles. The molecule has 0 saturated heterocycles. The zero-order valence-corrected chi connectivity index (χ0v) is 30.2. The van der Waals surface area contributed by atoms with Gasteiger partial charge in [-0.1, -0.05) is 200 Å². The van der Waals surface area contributed by atoms with Gasteiger partial charge in [-0.2, -0.15) is 0 Å². The van der Waals surface area contributed by atoms with Crippen molar-refractivity contribution < 1.29 is 0 Å². The van der Waals surface area contributed by atoms with Crippen molar-refractivity contribution in [2.75, 3.05) is 0 Å². The summed E-state index contributed by atoms with van der Waals surface area (Å²) in [7, 11) is 0. The zero-order valence-electron chi connectivity index (χ0n) is 30.2. The first-order valence-corrected chi connectivity index (χ1v) is 18.8. The van der Waals surface area contributed by atoms with Gasteiger partial charge in [0.05, 0.1) is 16.8 Å². The molecule has 2 nitrogen and oxygen atoms in total. The van der Waals surface area contributed by atoms with Gasteiger partial charge in [-0.25, -0.2) is 9.97 Å². The molecule has 1 aliphatic carbocycles. The van der Waals surface area contributed by atoms with E-state index in [0.29, 0.717) is 5.82 Å². The van der Waals surface area contributed by atoms with Gasteiger partial charge in [0, 0.05) is 16.7 Å². The lowest BCUT2D eigenvalue weighted by molar-refractivity contribution is 0.768. The smallest absolute Gasteiger partial charge is 0.160 e. The molecule has 1 aromatic heterocycles. The maximum atomic E-state index is 5.45. The van der Waals surface area contributed by atoms with E-state index in [2.05, 4.69) is 218 Å². The molecular weight excluding hydrogens is 665 g/mol. The first-order chi connectivity index (χ1) is 27.3. The highest BCUT2D eigenvalue weighted by Gasteiger charge is 2.46. The number of aromatic nitrogens is 2. The maximum Gasteiger partial charge on any atom is 0.160 e. The fourth-order valence-electron chi connectivity index (χ4n) is 8.53. The third kappa shape index (κ3) is 5.59. The Morgan fingerprint density at radius 1 is 0.291 bits per heavy atom. The van der Waals surface area contributed by atoms with Crippen LogP contribution in [0.3, 0.4) is 0 Å². The molecule has 0 fully saturated rings. The second-order valence-corrected chi connectivity index (χ2v) is 14.1. The molecule has 55 heavy (non-hydrogen) atoms. The summed E-state index contributed by atoms with van der Waals surface area (Å²) < 4.78 is 0. The number of hydrogen-bond acceptors (Lipinski definition) is 2. The molecule has 0 unspecified atom stereocenters. The minimum atomic E-state index is -0.503. The van der Waals surface area contributed by atoms with Gasteiger partial charge in [0.1, 0.15) is 0 Å². The Morgan fingerprint density at radius 3 is 1.36 bits per heavy atom. The monoisotopic (exact) mass is 700 g/mol. The van der Waals surface area contributed by atoms with Crippen LogP contribution in [0.5, 0.6) is 0 Å². The molecule has 8 aromatic carbocycles. The predicted molar refractivity (Wildman–Crippen MR) is 227 cm³/mol. The van der Waals surface area contributed by atoms with Crippen LogP contribution < -0.4 is 0 Å². The van der Waals surface area contributed by atoms with E-state index in [-0.39, 0.29) is 0 Å². The van der Waals surface area contributed by atoms with E-state index in [1.165, 1.54) is 38.9 Å². The van der Waals surface area contributed by atoms with E-state index in [0.717, 1.165) is 44.8 Å². The van der Waals surface area contributed by atoms with Crippen molar-refractivity contribution in [3.8, 4) is 67.3 Å². The molecule has 0 bridgehead atoms. The van der Waals surface area contributed by atoms with Crippen molar-refractivity contribution in [1.82, 2.24) is 9.97 Å². The minimum Gasteiger partial charge on any atom is -0.228 e. The van der Waals surface area contributed by atoms with Crippen LogP contribution in [0.25, 0.3) is 67.3 Å². The molecule has 2 heteroatoms. The van der Waals surface area contributed by atoms with E-state index in [1.807, 2.05) is 0 Å². The first kappa shape index (κ1) is 32.5.